The molecule has 3 nitrogen and oxygen atoms in total. The summed E-state index contributed by atoms with van der Waals surface area (Å²) in [7, 11) is 0. The molecular formula is C32H43N3. The maximum atomic E-state index is 5.17. The topological polar surface area (TPSA) is 20.5 Å². The summed E-state index contributed by atoms with van der Waals surface area (Å²) in [4.78, 5) is 7.61. The molecule has 0 amide bonds. The van der Waals surface area contributed by atoms with Crippen LogP contribution in [-0.2, 0) is 6.54 Å². The Morgan fingerprint density at radius 3 is 2.63 bits per heavy atom. The van der Waals surface area contributed by atoms with E-state index in [4.69, 9.17) is 4.99 Å². The van der Waals surface area contributed by atoms with E-state index in [1.165, 1.54) is 53.3 Å². The number of hydrogen-bond donors (Lipinski definition) is 0. The van der Waals surface area contributed by atoms with Gasteiger partial charge in [0.15, 0.2) is 0 Å². The number of allylic oxidation sites excluding steroid dienone is 2. The minimum absolute atomic E-state index is 0.726. The van der Waals surface area contributed by atoms with Gasteiger partial charge in [0.1, 0.15) is 0 Å². The highest BCUT2D eigenvalue weighted by Gasteiger charge is 2.23. The van der Waals surface area contributed by atoms with E-state index in [0.717, 1.165) is 60.3 Å². The van der Waals surface area contributed by atoms with Crippen LogP contribution in [0.1, 0.15) is 76.6 Å². The van der Waals surface area contributed by atoms with Crippen LogP contribution in [0.5, 0.6) is 0 Å². The molecule has 0 bridgehead atoms. The van der Waals surface area contributed by atoms with Gasteiger partial charge in [0.2, 0.25) is 0 Å². The minimum Gasteiger partial charge on any atom is -0.371 e. The van der Waals surface area contributed by atoms with Crippen molar-refractivity contribution in [3.63, 3.8) is 0 Å². The monoisotopic (exact) mass is 469 g/mol. The van der Waals surface area contributed by atoms with Gasteiger partial charge in [-0.2, -0.15) is 0 Å². The Hall–Kier alpha value is -2.81. The molecule has 2 aromatic rings. The van der Waals surface area contributed by atoms with Crippen molar-refractivity contribution >= 4 is 29.8 Å². The van der Waals surface area contributed by atoms with Crippen molar-refractivity contribution in [1.29, 1.82) is 0 Å². The van der Waals surface area contributed by atoms with E-state index >= 15 is 0 Å². The summed E-state index contributed by atoms with van der Waals surface area (Å²) in [5, 5.41) is 2.29. The molecule has 35 heavy (non-hydrogen) atoms. The van der Waals surface area contributed by atoms with Crippen molar-refractivity contribution in [3.8, 4) is 0 Å². The number of aromatic nitrogens is 1. The van der Waals surface area contributed by atoms with Gasteiger partial charge >= 0.3 is 0 Å². The Labute approximate surface area is 212 Å². The van der Waals surface area contributed by atoms with Gasteiger partial charge in [0.25, 0.3) is 0 Å². The largest absolute Gasteiger partial charge is 0.371 e. The molecule has 0 radical (unpaired) electrons. The molecule has 0 spiro atoms. The normalized spacial score (nSPS) is 20.0. The predicted molar refractivity (Wildman–Crippen MR) is 152 cm³/mol. The standard InChI is InChI=1S/C32H43N3/c1-8-22(2)11-15-30-19-32(35(27(30)7)21-28-13-14-28)25(5)33-31-18-29(16-12-24(31)4)26(6)34-17-9-10-23(3)20-34/h11-12,15-16,18-19,23,28H,6-10,13-14,17,20-21H2,1-5H3/b22-11+,30-15-,33-25+. The fourth-order valence-electron chi connectivity index (χ4n) is 4.94. The number of aryl methyl sites for hydroxylation is 1. The van der Waals surface area contributed by atoms with E-state index in [0.29, 0.717) is 0 Å². The lowest BCUT2D eigenvalue weighted by atomic mass is 9.98. The van der Waals surface area contributed by atoms with E-state index in [2.05, 4.69) is 93.7 Å². The molecule has 2 aliphatic rings. The van der Waals surface area contributed by atoms with Crippen LogP contribution < -0.4 is 10.6 Å². The lowest BCUT2D eigenvalue weighted by molar-refractivity contribution is 0.261. The molecule has 2 fully saturated rings. The summed E-state index contributed by atoms with van der Waals surface area (Å²) < 4.78 is 2.39. The van der Waals surface area contributed by atoms with Crippen molar-refractivity contribution in [3.05, 3.63) is 69.9 Å². The highest BCUT2D eigenvalue weighted by molar-refractivity contribution is 5.99. The number of aliphatic imine (C=N–C) groups is 1. The number of rotatable bonds is 8. The first-order chi connectivity index (χ1) is 16.8. The van der Waals surface area contributed by atoms with E-state index < -0.39 is 0 Å². The molecule has 0 N–H and O–H groups in total. The molecule has 1 aliphatic carbocycles. The van der Waals surface area contributed by atoms with Crippen LogP contribution in [0.15, 0.2) is 47.5 Å². The van der Waals surface area contributed by atoms with E-state index in [-0.39, 0.29) is 0 Å². The second kappa shape index (κ2) is 10.8. The molecule has 1 aromatic heterocycles. The first kappa shape index (κ1) is 25.3. The fourth-order valence-corrected chi connectivity index (χ4v) is 4.94. The van der Waals surface area contributed by atoms with Gasteiger partial charge in [-0.15, -0.1) is 0 Å². The second-order valence-electron chi connectivity index (χ2n) is 10.9. The van der Waals surface area contributed by atoms with Gasteiger partial charge in [-0.25, -0.2) is 0 Å². The van der Waals surface area contributed by atoms with Crippen molar-refractivity contribution < 1.29 is 0 Å². The molecule has 1 aromatic carbocycles. The summed E-state index contributed by atoms with van der Waals surface area (Å²) in [6, 6.07) is 8.88. The third-order valence-electron chi connectivity index (χ3n) is 7.72. The summed E-state index contributed by atoms with van der Waals surface area (Å²) >= 11 is 0. The average Bonchev–Trinajstić information content (AvgIpc) is 3.62. The highest BCUT2D eigenvalue weighted by atomic mass is 15.1. The maximum Gasteiger partial charge on any atom is 0.0669 e. The SMILES string of the molecule is C=C(c1ccc(C)c(/N=C(\C)c2c/c(=C/C=C(\C)CC)c(=C)n2CC2CC2)c1)N1CCCC(C)C1. The summed E-state index contributed by atoms with van der Waals surface area (Å²) in [5.41, 5.74) is 8.13. The number of likely N-dealkylation sites (tertiary alicyclic amines) is 1. The lowest BCUT2D eigenvalue weighted by Crippen LogP contribution is -2.32. The zero-order valence-corrected chi connectivity index (χ0v) is 22.5. The van der Waals surface area contributed by atoms with Crippen molar-refractivity contribution in [2.75, 3.05) is 13.1 Å². The summed E-state index contributed by atoms with van der Waals surface area (Å²) in [5.74, 6) is 1.50. The molecular weight excluding hydrogens is 426 g/mol. The van der Waals surface area contributed by atoms with Gasteiger partial charge in [0.05, 0.1) is 17.1 Å². The molecule has 4 rings (SSSR count). The van der Waals surface area contributed by atoms with Crippen LogP contribution in [-0.4, -0.2) is 28.3 Å². The first-order valence-corrected chi connectivity index (χ1v) is 13.4. The van der Waals surface area contributed by atoms with E-state index in [1.54, 1.807) is 0 Å². The number of piperidine rings is 1. The predicted octanol–water partition coefficient (Wildman–Crippen LogP) is 6.60. The van der Waals surface area contributed by atoms with Crippen molar-refractivity contribution in [1.82, 2.24) is 9.47 Å². The molecule has 2 heterocycles. The van der Waals surface area contributed by atoms with Crippen molar-refractivity contribution in [2.45, 2.75) is 73.3 Å². The van der Waals surface area contributed by atoms with Crippen molar-refractivity contribution in [2.24, 2.45) is 16.8 Å². The second-order valence-corrected chi connectivity index (χ2v) is 10.9. The minimum atomic E-state index is 0.726. The van der Waals surface area contributed by atoms with Gasteiger partial charge in [0, 0.05) is 30.7 Å². The smallest absolute Gasteiger partial charge is 0.0669 e. The Bertz CT molecular complexity index is 1250. The van der Waals surface area contributed by atoms with E-state index in [1.807, 2.05) is 0 Å². The summed E-state index contributed by atoms with van der Waals surface area (Å²) in [6.07, 6.45) is 10.7. The zero-order chi connectivity index (χ0) is 25.1. The lowest BCUT2D eigenvalue weighted by Gasteiger charge is -2.34. The van der Waals surface area contributed by atoms with Crippen LogP contribution in [0.3, 0.4) is 0 Å². The molecule has 186 valence electrons. The zero-order valence-electron chi connectivity index (χ0n) is 22.5. The third-order valence-corrected chi connectivity index (χ3v) is 7.72. The summed E-state index contributed by atoms with van der Waals surface area (Å²) in [6.45, 7) is 23.2. The Morgan fingerprint density at radius 2 is 1.94 bits per heavy atom. The van der Waals surface area contributed by atoms with Gasteiger partial charge in [-0.1, -0.05) is 56.9 Å². The van der Waals surface area contributed by atoms with Crippen LogP contribution in [0, 0.1) is 18.8 Å². The van der Waals surface area contributed by atoms with Gasteiger partial charge in [-0.3, -0.25) is 4.99 Å². The Morgan fingerprint density at radius 1 is 1.17 bits per heavy atom. The fraction of sp³-hybridized carbons (Fsp3) is 0.469. The molecule has 1 unspecified atom stereocenters. The number of nitrogens with zero attached hydrogens (tertiary/aromatic N) is 3. The van der Waals surface area contributed by atoms with Gasteiger partial charge in [-0.05, 0) is 93.2 Å². The maximum absolute atomic E-state index is 5.17. The molecule has 1 atom stereocenters. The van der Waals surface area contributed by atoms with Crippen LogP contribution in [0.2, 0.25) is 0 Å². The van der Waals surface area contributed by atoms with Crippen LogP contribution in [0.4, 0.5) is 5.69 Å². The average molecular weight is 470 g/mol. The Kier molecular flexibility index (Phi) is 7.84. The number of benzene rings is 1. The third kappa shape index (κ3) is 6.07. The first-order valence-electron chi connectivity index (χ1n) is 13.4. The highest BCUT2D eigenvalue weighted by Crippen LogP contribution is 2.31. The van der Waals surface area contributed by atoms with Crippen LogP contribution in [0.25, 0.3) is 18.4 Å². The molecule has 1 aliphatic heterocycles. The molecule has 1 saturated heterocycles. The van der Waals surface area contributed by atoms with E-state index in [9.17, 15) is 0 Å². The molecule has 1 saturated carbocycles. The quantitative estimate of drug-likeness (QED) is 0.399. The number of hydrogen-bond acceptors (Lipinski definition) is 2. The van der Waals surface area contributed by atoms with Gasteiger partial charge < -0.3 is 9.47 Å². The Balaban J connectivity index is 1.69. The van der Waals surface area contributed by atoms with Crippen LogP contribution >= 0.6 is 0 Å². The molecule has 3 heteroatoms.